The lowest BCUT2D eigenvalue weighted by molar-refractivity contribution is 0.569. The number of nitrogens with one attached hydrogen (secondary N) is 1. The van der Waals surface area contributed by atoms with Crippen LogP contribution in [0.2, 0.25) is 0 Å². The van der Waals surface area contributed by atoms with Gasteiger partial charge < -0.3 is 5.32 Å². The fourth-order valence-corrected chi connectivity index (χ4v) is 3.57. The second-order valence-corrected chi connectivity index (χ2v) is 7.39. The Morgan fingerprint density at radius 1 is 1.05 bits per heavy atom. The molecule has 0 heterocycles. The SMILES string of the molecule is Cc1cc(C)c([C@@H](C)NCc2ccc([S@](C)=O)cc2)c(C)c1. The minimum Gasteiger partial charge on any atom is -0.306 e. The van der Waals surface area contributed by atoms with Gasteiger partial charge in [-0.2, -0.15) is 0 Å². The van der Waals surface area contributed by atoms with Crippen molar-refractivity contribution in [1.82, 2.24) is 5.32 Å². The Bertz CT molecular complexity index is 653. The third kappa shape index (κ3) is 4.05. The van der Waals surface area contributed by atoms with Crippen molar-refractivity contribution in [2.45, 2.75) is 45.2 Å². The molecule has 0 aliphatic carbocycles. The molecule has 2 atom stereocenters. The minimum atomic E-state index is -0.909. The monoisotopic (exact) mass is 315 g/mol. The van der Waals surface area contributed by atoms with E-state index in [1.165, 1.54) is 27.8 Å². The topological polar surface area (TPSA) is 29.1 Å². The molecule has 0 radical (unpaired) electrons. The van der Waals surface area contributed by atoms with Gasteiger partial charge in [0.2, 0.25) is 0 Å². The zero-order chi connectivity index (χ0) is 16.3. The molecule has 118 valence electrons. The zero-order valence-corrected chi connectivity index (χ0v) is 14.9. The Kier molecular flexibility index (Phi) is 5.54. The van der Waals surface area contributed by atoms with Gasteiger partial charge in [0.25, 0.3) is 0 Å². The first kappa shape index (κ1) is 16.9. The summed E-state index contributed by atoms with van der Waals surface area (Å²) in [5.74, 6) is 0. The normalized spacial score (nSPS) is 13.9. The highest BCUT2D eigenvalue weighted by Crippen LogP contribution is 2.23. The molecule has 22 heavy (non-hydrogen) atoms. The number of rotatable bonds is 5. The zero-order valence-electron chi connectivity index (χ0n) is 14.1. The fraction of sp³-hybridized carbons (Fsp3) is 0.368. The van der Waals surface area contributed by atoms with Crippen LogP contribution in [-0.4, -0.2) is 10.5 Å². The van der Waals surface area contributed by atoms with Gasteiger partial charge in [-0.15, -0.1) is 0 Å². The van der Waals surface area contributed by atoms with Gasteiger partial charge in [0.05, 0.1) is 0 Å². The van der Waals surface area contributed by atoms with E-state index in [1.54, 1.807) is 6.26 Å². The van der Waals surface area contributed by atoms with Gasteiger partial charge in [0, 0.05) is 34.5 Å². The summed E-state index contributed by atoms with van der Waals surface area (Å²) in [5.41, 5.74) is 6.60. The van der Waals surface area contributed by atoms with Crippen molar-refractivity contribution in [3.63, 3.8) is 0 Å². The van der Waals surface area contributed by atoms with Crippen LogP contribution in [0.3, 0.4) is 0 Å². The van der Waals surface area contributed by atoms with Crippen LogP contribution in [0.25, 0.3) is 0 Å². The lowest BCUT2D eigenvalue weighted by Crippen LogP contribution is -2.20. The standard InChI is InChI=1S/C19H25NOS/c1-13-10-14(2)19(15(3)11-13)16(4)20-12-17-6-8-18(9-7-17)22(5)21/h6-11,16,20H,12H2,1-5H3/t16-,22+/m1/s1. The minimum absolute atomic E-state index is 0.306. The number of hydrogen-bond acceptors (Lipinski definition) is 2. The van der Waals surface area contributed by atoms with E-state index in [0.717, 1.165) is 11.4 Å². The Balaban J connectivity index is 2.07. The fourth-order valence-electron chi connectivity index (χ4n) is 3.05. The average Bonchev–Trinajstić information content (AvgIpc) is 2.44. The van der Waals surface area contributed by atoms with E-state index in [1.807, 2.05) is 24.3 Å². The molecule has 0 saturated heterocycles. The number of benzene rings is 2. The van der Waals surface area contributed by atoms with Gasteiger partial charge in [-0.3, -0.25) is 4.21 Å². The molecule has 1 N–H and O–H groups in total. The summed E-state index contributed by atoms with van der Waals surface area (Å²) in [5, 5.41) is 3.59. The van der Waals surface area contributed by atoms with Gasteiger partial charge in [0.1, 0.15) is 0 Å². The summed E-state index contributed by atoms with van der Waals surface area (Å²) in [7, 11) is -0.909. The Labute approximate surface area is 136 Å². The molecule has 0 saturated carbocycles. The molecule has 0 aliphatic rings. The molecule has 2 aromatic carbocycles. The second kappa shape index (κ2) is 7.21. The van der Waals surface area contributed by atoms with E-state index in [-0.39, 0.29) is 0 Å². The van der Waals surface area contributed by atoms with Crippen LogP contribution in [0.1, 0.15) is 40.8 Å². The van der Waals surface area contributed by atoms with Crippen LogP contribution >= 0.6 is 0 Å². The van der Waals surface area contributed by atoms with E-state index in [0.29, 0.717) is 6.04 Å². The van der Waals surface area contributed by atoms with Crippen molar-refractivity contribution in [2.75, 3.05) is 6.26 Å². The molecule has 3 heteroatoms. The predicted octanol–water partition coefficient (Wildman–Crippen LogP) is 4.20. The van der Waals surface area contributed by atoms with Crippen LogP contribution in [0.4, 0.5) is 0 Å². The van der Waals surface area contributed by atoms with E-state index < -0.39 is 10.8 Å². The molecule has 2 aromatic rings. The summed E-state index contributed by atoms with van der Waals surface area (Å²) < 4.78 is 11.4. The molecule has 0 spiro atoms. The van der Waals surface area contributed by atoms with Crippen molar-refractivity contribution >= 4 is 10.8 Å². The first-order chi connectivity index (χ1) is 10.4. The van der Waals surface area contributed by atoms with E-state index >= 15 is 0 Å². The first-order valence-corrected chi connectivity index (χ1v) is 9.17. The molecule has 0 unspecified atom stereocenters. The highest BCUT2D eigenvalue weighted by atomic mass is 32.2. The van der Waals surface area contributed by atoms with Crippen molar-refractivity contribution in [3.8, 4) is 0 Å². The van der Waals surface area contributed by atoms with Gasteiger partial charge in [0.15, 0.2) is 0 Å². The summed E-state index contributed by atoms with van der Waals surface area (Å²) in [6.07, 6.45) is 1.71. The maximum absolute atomic E-state index is 11.4. The largest absolute Gasteiger partial charge is 0.306 e. The molecular weight excluding hydrogens is 290 g/mol. The van der Waals surface area contributed by atoms with Crippen LogP contribution in [0.5, 0.6) is 0 Å². The maximum Gasteiger partial charge on any atom is 0.0498 e. The number of hydrogen-bond donors (Lipinski definition) is 1. The van der Waals surface area contributed by atoms with Gasteiger partial charge >= 0.3 is 0 Å². The van der Waals surface area contributed by atoms with E-state index in [9.17, 15) is 4.21 Å². The summed E-state index contributed by atoms with van der Waals surface area (Å²) in [6, 6.07) is 12.8. The molecule has 0 amide bonds. The maximum atomic E-state index is 11.4. The Hall–Kier alpha value is -1.45. The van der Waals surface area contributed by atoms with E-state index in [4.69, 9.17) is 0 Å². The van der Waals surface area contributed by atoms with Crippen LogP contribution in [-0.2, 0) is 17.3 Å². The lowest BCUT2D eigenvalue weighted by atomic mass is 9.95. The van der Waals surface area contributed by atoms with Crippen molar-refractivity contribution in [1.29, 1.82) is 0 Å². The highest BCUT2D eigenvalue weighted by molar-refractivity contribution is 7.84. The smallest absolute Gasteiger partial charge is 0.0498 e. The lowest BCUT2D eigenvalue weighted by Gasteiger charge is -2.20. The molecule has 2 nitrogen and oxygen atoms in total. The summed E-state index contributed by atoms with van der Waals surface area (Å²) in [4.78, 5) is 0.877. The molecule has 0 aliphatic heterocycles. The van der Waals surface area contributed by atoms with Gasteiger partial charge in [-0.1, -0.05) is 29.8 Å². The molecule has 0 aromatic heterocycles. The van der Waals surface area contributed by atoms with Gasteiger partial charge in [-0.25, -0.2) is 0 Å². The molecule has 0 bridgehead atoms. The van der Waals surface area contributed by atoms with Gasteiger partial charge in [-0.05, 0) is 62.1 Å². The summed E-state index contributed by atoms with van der Waals surface area (Å²) in [6.45, 7) is 9.52. The van der Waals surface area contributed by atoms with Crippen molar-refractivity contribution in [3.05, 3.63) is 64.2 Å². The van der Waals surface area contributed by atoms with Crippen LogP contribution in [0.15, 0.2) is 41.3 Å². The third-order valence-electron chi connectivity index (χ3n) is 4.04. The first-order valence-electron chi connectivity index (χ1n) is 7.62. The Morgan fingerprint density at radius 3 is 2.09 bits per heavy atom. The molecular formula is C19H25NOS. The predicted molar refractivity (Wildman–Crippen MR) is 94.7 cm³/mol. The average molecular weight is 315 g/mol. The molecule has 0 fully saturated rings. The van der Waals surface area contributed by atoms with Crippen LogP contribution in [0, 0.1) is 20.8 Å². The van der Waals surface area contributed by atoms with Crippen molar-refractivity contribution in [2.24, 2.45) is 0 Å². The summed E-state index contributed by atoms with van der Waals surface area (Å²) >= 11 is 0. The van der Waals surface area contributed by atoms with E-state index in [2.05, 4.69) is 45.1 Å². The number of aryl methyl sites for hydroxylation is 3. The third-order valence-corrected chi connectivity index (χ3v) is 4.97. The Morgan fingerprint density at radius 2 is 1.59 bits per heavy atom. The van der Waals surface area contributed by atoms with Crippen molar-refractivity contribution < 1.29 is 4.21 Å². The van der Waals surface area contributed by atoms with Crippen LogP contribution < -0.4 is 5.32 Å². The quantitative estimate of drug-likeness (QED) is 0.896. The molecule has 2 rings (SSSR count). The highest BCUT2D eigenvalue weighted by Gasteiger charge is 2.11. The second-order valence-electron chi connectivity index (χ2n) is 6.01.